The van der Waals surface area contributed by atoms with Crippen molar-refractivity contribution in [3.8, 4) is 6.07 Å². The number of rotatable bonds is 9. The van der Waals surface area contributed by atoms with Crippen LogP contribution in [0.2, 0.25) is 0 Å². The Morgan fingerprint density at radius 1 is 1.29 bits per heavy atom. The van der Waals surface area contributed by atoms with Crippen LogP contribution in [0, 0.1) is 25.2 Å². The predicted octanol–water partition coefficient (Wildman–Crippen LogP) is 4.85. The highest BCUT2D eigenvalue weighted by molar-refractivity contribution is 7.99. The number of nitrogens with one attached hydrogen (secondary N) is 1. The fraction of sp³-hybridized carbons (Fsp3) is 0.611. The van der Waals surface area contributed by atoms with Crippen LogP contribution in [0.3, 0.4) is 0 Å². The van der Waals surface area contributed by atoms with Gasteiger partial charge in [0.05, 0.1) is 6.07 Å². The summed E-state index contributed by atoms with van der Waals surface area (Å²) >= 11 is 1.93. The highest BCUT2D eigenvalue weighted by Crippen LogP contribution is 2.25. The summed E-state index contributed by atoms with van der Waals surface area (Å²) in [5, 5.41) is 12.6. The van der Waals surface area contributed by atoms with E-state index in [0.717, 1.165) is 38.0 Å². The first-order valence-corrected chi connectivity index (χ1v) is 8.85. The molecule has 0 aromatic heterocycles. The molecule has 1 N–H and O–H groups in total. The Hall–Kier alpha value is -0.980. The number of benzene rings is 1. The number of aryl methyl sites for hydroxylation is 2. The lowest BCUT2D eigenvalue weighted by atomic mass is 9.96. The molecule has 1 rings (SSSR count). The summed E-state index contributed by atoms with van der Waals surface area (Å²) in [6.07, 6.45) is 4.25. The second-order valence-corrected chi connectivity index (χ2v) is 7.08. The van der Waals surface area contributed by atoms with Crippen LogP contribution in [0.4, 0.5) is 0 Å². The van der Waals surface area contributed by atoms with Crippen molar-refractivity contribution in [2.45, 2.75) is 63.8 Å². The van der Waals surface area contributed by atoms with Gasteiger partial charge in [-0.15, -0.1) is 11.8 Å². The van der Waals surface area contributed by atoms with Crippen molar-refractivity contribution in [2.75, 3.05) is 12.3 Å². The van der Waals surface area contributed by atoms with Gasteiger partial charge in [0.15, 0.2) is 0 Å². The minimum absolute atomic E-state index is 0.361. The Balaban J connectivity index is 2.29. The maximum absolute atomic E-state index is 9.29. The van der Waals surface area contributed by atoms with Gasteiger partial charge in [-0.05, 0) is 70.4 Å². The molecule has 116 valence electrons. The van der Waals surface area contributed by atoms with Crippen molar-refractivity contribution >= 4 is 11.8 Å². The molecule has 0 aliphatic carbocycles. The number of hydrogen-bond acceptors (Lipinski definition) is 3. The van der Waals surface area contributed by atoms with E-state index in [1.165, 1.54) is 16.0 Å². The highest BCUT2D eigenvalue weighted by atomic mass is 32.2. The molecule has 0 aliphatic rings. The van der Waals surface area contributed by atoms with E-state index in [0.29, 0.717) is 0 Å². The zero-order valence-corrected chi connectivity index (χ0v) is 14.6. The van der Waals surface area contributed by atoms with E-state index < -0.39 is 0 Å². The summed E-state index contributed by atoms with van der Waals surface area (Å²) in [6.45, 7) is 9.37. The molecule has 0 radical (unpaired) electrons. The van der Waals surface area contributed by atoms with Gasteiger partial charge in [0, 0.05) is 4.90 Å². The minimum Gasteiger partial charge on any atom is -0.300 e. The summed E-state index contributed by atoms with van der Waals surface area (Å²) in [5.41, 5.74) is 2.33. The van der Waals surface area contributed by atoms with E-state index in [1.54, 1.807) is 0 Å². The van der Waals surface area contributed by atoms with Gasteiger partial charge in [0.2, 0.25) is 0 Å². The largest absolute Gasteiger partial charge is 0.300 e. The van der Waals surface area contributed by atoms with Crippen LogP contribution in [-0.4, -0.2) is 17.8 Å². The molecule has 0 bridgehead atoms. The van der Waals surface area contributed by atoms with Crippen molar-refractivity contribution in [1.29, 1.82) is 5.26 Å². The summed E-state index contributed by atoms with van der Waals surface area (Å²) < 4.78 is 0. The van der Waals surface area contributed by atoms with E-state index in [4.69, 9.17) is 0 Å². The van der Waals surface area contributed by atoms with Gasteiger partial charge in [-0.1, -0.05) is 24.6 Å². The molecule has 0 saturated heterocycles. The number of unbranched alkanes of at least 4 members (excludes halogenated alkanes) is 1. The second kappa shape index (κ2) is 9.12. The molecule has 0 amide bonds. The third-order valence-electron chi connectivity index (χ3n) is 3.67. The van der Waals surface area contributed by atoms with Gasteiger partial charge in [-0.3, -0.25) is 5.32 Å². The number of thioether (sulfide) groups is 1. The summed E-state index contributed by atoms with van der Waals surface area (Å²) in [4.78, 5) is 1.38. The predicted molar refractivity (Wildman–Crippen MR) is 92.8 cm³/mol. The summed E-state index contributed by atoms with van der Waals surface area (Å²) in [6, 6.07) is 9.06. The fourth-order valence-electron chi connectivity index (χ4n) is 2.31. The molecule has 3 heteroatoms. The molecule has 0 heterocycles. The molecule has 1 atom stereocenters. The number of nitrogens with zero attached hydrogens (tertiary/aromatic N) is 1. The first-order chi connectivity index (χ1) is 10.0. The monoisotopic (exact) mass is 304 g/mol. The van der Waals surface area contributed by atoms with Crippen LogP contribution >= 0.6 is 11.8 Å². The van der Waals surface area contributed by atoms with Crippen molar-refractivity contribution in [2.24, 2.45) is 0 Å². The molecule has 0 spiro atoms. The quantitative estimate of drug-likeness (QED) is 0.523. The molecule has 1 aromatic carbocycles. The molecular weight excluding hydrogens is 276 g/mol. The van der Waals surface area contributed by atoms with Crippen LogP contribution in [-0.2, 0) is 0 Å². The van der Waals surface area contributed by atoms with Crippen molar-refractivity contribution in [3.63, 3.8) is 0 Å². The minimum atomic E-state index is -0.361. The standard InChI is InChI=1S/C18H28N2S/c1-5-11-20-18(4,14-19)10-6-7-12-21-17-9-8-15(2)13-16(17)3/h8-9,13,20H,5-7,10-12H2,1-4H3. The molecule has 0 fully saturated rings. The molecule has 0 saturated carbocycles. The van der Waals surface area contributed by atoms with Crippen molar-refractivity contribution in [3.05, 3.63) is 29.3 Å². The van der Waals surface area contributed by atoms with Crippen LogP contribution in [0.25, 0.3) is 0 Å². The second-order valence-electron chi connectivity index (χ2n) is 5.95. The highest BCUT2D eigenvalue weighted by Gasteiger charge is 2.21. The average Bonchev–Trinajstić information content (AvgIpc) is 2.47. The van der Waals surface area contributed by atoms with Crippen LogP contribution < -0.4 is 5.32 Å². The topological polar surface area (TPSA) is 35.8 Å². The van der Waals surface area contributed by atoms with Gasteiger partial charge in [0.25, 0.3) is 0 Å². The Labute approximate surface area is 134 Å². The van der Waals surface area contributed by atoms with Crippen molar-refractivity contribution < 1.29 is 0 Å². The zero-order valence-electron chi connectivity index (χ0n) is 13.8. The Bertz CT molecular complexity index is 479. The molecule has 0 aliphatic heterocycles. The third kappa shape index (κ3) is 6.54. The maximum atomic E-state index is 9.29. The smallest absolute Gasteiger partial charge is 0.103 e. The number of hydrogen-bond donors (Lipinski definition) is 1. The van der Waals surface area contributed by atoms with Gasteiger partial charge in [-0.2, -0.15) is 5.26 Å². The zero-order chi connectivity index (χ0) is 15.7. The van der Waals surface area contributed by atoms with Crippen LogP contribution in [0.5, 0.6) is 0 Å². The SMILES string of the molecule is CCCNC(C)(C#N)CCCCSc1ccc(C)cc1C. The fourth-order valence-corrected chi connectivity index (χ4v) is 3.33. The molecular formula is C18H28N2S. The van der Waals surface area contributed by atoms with Gasteiger partial charge in [-0.25, -0.2) is 0 Å². The van der Waals surface area contributed by atoms with E-state index in [1.807, 2.05) is 18.7 Å². The Kier molecular flexibility index (Phi) is 7.85. The Morgan fingerprint density at radius 2 is 2.05 bits per heavy atom. The molecule has 1 unspecified atom stereocenters. The third-order valence-corrected chi connectivity index (χ3v) is 4.93. The van der Waals surface area contributed by atoms with Gasteiger partial charge in [0.1, 0.15) is 5.54 Å². The molecule has 1 aromatic rings. The van der Waals surface area contributed by atoms with E-state index >= 15 is 0 Å². The summed E-state index contributed by atoms with van der Waals surface area (Å²) in [5.74, 6) is 1.12. The van der Waals surface area contributed by atoms with Crippen molar-refractivity contribution in [1.82, 2.24) is 5.32 Å². The molecule has 21 heavy (non-hydrogen) atoms. The molecule has 2 nitrogen and oxygen atoms in total. The normalized spacial score (nSPS) is 13.7. The first kappa shape index (κ1) is 18.1. The lowest BCUT2D eigenvalue weighted by molar-refractivity contribution is 0.406. The number of nitriles is 1. The Morgan fingerprint density at radius 3 is 2.67 bits per heavy atom. The van der Waals surface area contributed by atoms with Gasteiger partial charge >= 0.3 is 0 Å². The first-order valence-electron chi connectivity index (χ1n) is 7.87. The summed E-state index contributed by atoms with van der Waals surface area (Å²) in [7, 11) is 0. The van der Waals surface area contributed by atoms with Gasteiger partial charge < -0.3 is 0 Å². The van der Waals surface area contributed by atoms with E-state index in [9.17, 15) is 5.26 Å². The lowest BCUT2D eigenvalue weighted by Gasteiger charge is -2.22. The maximum Gasteiger partial charge on any atom is 0.103 e. The lowest BCUT2D eigenvalue weighted by Crippen LogP contribution is -2.41. The average molecular weight is 305 g/mol. The van der Waals surface area contributed by atoms with Crippen LogP contribution in [0.15, 0.2) is 23.1 Å². The van der Waals surface area contributed by atoms with E-state index in [-0.39, 0.29) is 5.54 Å². The van der Waals surface area contributed by atoms with Crippen LogP contribution in [0.1, 0.15) is 50.7 Å². The van der Waals surface area contributed by atoms with E-state index in [2.05, 4.69) is 50.4 Å².